The van der Waals surface area contributed by atoms with Crippen LogP contribution in [0.5, 0.6) is 0 Å². The minimum atomic E-state index is 0.498. The highest BCUT2D eigenvalue weighted by Crippen LogP contribution is 2.57. The van der Waals surface area contributed by atoms with Crippen molar-refractivity contribution < 1.29 is 0 Å². The van der Waals surface area contributed by atoms with E-state index in [1.54, 1.807) is 11.3 Å². The van der Waals surface area contributed by atoms with Gasteiger partial charge in [-0.1, -0.05) is 20.3 Å². The van der Waals surface area contributed by atoms with Crippen molar-refractivity contribution in [1.29, 1.82) is 0 Å². The van der Waals surface area contributed by atoms with E-state index in [2.05, 4.69) is 31.5 Å². The van der Waals surface area contributed by atoms with Gasteiger partial charge in [-0.3, -0.25) is 0 Å². The van der Waals surface area contributed by atoms with Crippen LogP contribution < -0.4 is 5.32 Å². The maximum atomic E-state index is 4.74. The molecule has 2 bridgehead atoms. The first-order valence-corrected chi connectivity index (χ1v) is 9.07. The average Bonchev–Trinajstić information content (AvgIpc) is 3.05. The van der Waals surface area contributed by atoms with Gasteiger partial charge in [0, 0.05) is 11.9 Å². The maximum Gasteiger partial charge on any atom is 0.0897 e. The molecule has 2 nitrogen and oxygen atoms in total. The Balaban J connectivity index is 1.70. The fourth-order valence-corrected chi connectivity index (χ4v) is 5.13. The number of hydrogen-bond acceptors (Lipinski definition) is 3. The van der Waals surface area contributed by atoms with Gasteiger partial charge in [-0.05, 0) is 62.3 Å². The Morgan fingerprint density at radius 1 is 1.45 bits per heavy atom. The van der Waals surface area contributed by atoms with Crippen LogP contribution in [0.25, 0.3) is 0 Å². The first-order chi connectivity index (χ1) is 9.57. The van der Waals surface area contributed by atoms with Crippen LogP contribution in [-0.4, -0.2) is 18.1 Å². The monoisotopic (exact) mass is 292 g/mol. The normalized spacial score (nSPS) is 32.4. The molecule has 2 aliphatic rings. The summed E-state index contributed by atoms with van der Waals surface area (Å²) in [6.45, 7) is 9.06. The van der Waals surface area contributed by atoms with E-state index < -0.39 is 0 Å². The third-order valence-corrected chi connectivity index (χ3v) is 6.15. The molecule has 1 N–H and O–H groups in total. The van der Waals surface area contributed by atoms with Crippen LogP contribution >= 0.6 is 11.3 Å². The SMILES string of the molecule is Cc1nc(CC2(CNCC(C)C)CC3CCC2C3)cs1. The van der Waals surface area contributed by atoms with Crippen LogP contribution in [0.2, 0.25) is 0 Å². The van der Waals surface area contributed by atoms with E-state index in [0.717, 1.165) is 24.3 Å². The molecule has 3 rings (SSSR count). The van der Waals surface area contributed by atoms with Crippen LogP contribution in [0.1, 0.15) is 50.2 Å². The second-order valence-electron chi connectivity index (χ2n) is 7.50. The molecule has 112 valence electrons. The zero-order valence-corrected chi connectivity index (χ0v) is 13.9. The van der Waals surface area contributed by atoms with Gasteiger partial charge >= 0.3 is 0 Å². The molecule has 1 aromatic heterocycles. The van der Waals surface area contributed by atoms with Gasteiger partial charge in [-0.25, -0.2) is 4.98 Å². The molecule has 20 heavy (non-hydrogen) atoms. The van der Waals surface area contributed by atoms with E-state index in [0.29, 0.717) is 5.41 Å². The van der Waals surface area contributed by atoms with Crippen molar-refractivity contribution in [2.45, 2.75) is 52.9 Å². The molecule has 1 heterocycles. The number of thiazole rings is 1. The van der Waals surface area contributed by atoms with Crippen molar-refractivity contribution in [2.75, 3.05) is 13.1 Å². The number of aromatic nitrogens is 1. The van der Waals surface area contributed by atoms with Crippen molar-refractivity contribution in [3.8, 4) is 0 Å². The fourth-order valence-electron chi connectivity index (χ4n) is 4.51. The zero-order valence-electron chi connectivity index (χ0n) is 13.1. The molecule has 0 spiro atoms. The lowest BCUT2D eigenvalue weighted by molar-refractivity contribution is 0.153. The van der Waals surface area contributed by atoms with E-state index >= 15 is 0 Å². The molecule has 2 aliphatic carbocycles. The lowest BCUT2D eigenvalue weighted by Gasteiger charge is -2.38. The minimum Gasteiger partial charge on any atom is -0.316 e. The van der Waals surface area contributed by atoms with Crippen LogP contribution in [0.15, 0.2) is 5.38 Å². The number of nitrogens with zero attached hydrogens (tertiary/aromatic N) is 1. The lowest BCUT2D eigenvalue weighted by atomic mass is 9.70. The molecule has 2 fully saturated rings. The van der Waals surface area contributed by atoms with Crippen LogP contribution in [0.3, 0.4) is 0 Å². The van der Waals surface area contributed by atoms with Gasteiger partial charge in [-0.2, -0.15) is 0 Å². The van der Waals surface area contributed by atoms with E-state index in [1.807, 2.05) is 0 Å². The predicted molar refractivity (Wildman–Crippen MR) is 86.1 cm³/mol. The summed E-state index contributed by atoms with van der Waals surface area (Å²) in [5, 5.41) is 7.25. The maximum absolute atomic E-state index is 4.74. The molecular weight excluding hydrogens is 264 g/mol. The van der Waals surface area contributed by atoms with Crippen molar-refractivity contribution >= 4 is 11.3 Å². The highest BCUT2D eigenvalue weighted by Gasteiger charge is 2.50. The summed E-state index contributed by atoms with van der Waals surface area (Å²) in [5.41, 5.74) is 1.84. The van der Waals surface area contributed by atoms with Gasteiger partial charge in [-0.15, -0.1) is 11.3 Å². The van der Waals surface area contributed by atoms with Gasteiger partial charge in [0.1, 0.15) is 0 Å². The molecule has 0 aromatic carbocycles. The number of rotatable bonds is 6. The third-order valence-electron chi connectivity index (χ3n) is 5.33. The minimum absolute atomic E-state index is 0.498. The van der Waals surface area contributed by atoms with E-state index in [9.17, 15) is 0 Å². The first-order valence-electron chi connectivity index (χ1n) is 8.19. The van der Waals surface area contributed by atoms with E-state index in [4.69, 9.17) is 4.98 Å². The van der Waals surface area contributed by atoms with Gasteiger partial charge in [0.15, 0.2) is 0 Å². The zero-order chi connectivity index (χ0) is 14.2. The first kappa shape index (κ1) is 14.5. The number of hydrogen-bond donors (Lipinski definition) is 1. The highest BCUT2D eigenvalue weighted by molar-refractivity contribution is 7.09. The fraction of sp³-hybridized carbons (Fsp3) is 0.824. The molecular formula is C17H28N2S. The molecule has 3 heteroatoms. The average molecular weight is 292 g/mol. The van der Waals surface area contributed by atoms with Crippen LogP contribution in [0, 0.1) is 30.1 Å². The lowest BCUT2D eigenvalue weighted by Crippen LogP contribution is -2.41. The van der Waals surface area contributed by atoms with Gasteiger partial charge in [0.2, 0.25) is 0 Å². The summed E-state index contributed by atoms with van der Waals surface area (Å²) < 4.78 is 0. The highest BCUT2D eigenvalue weighted by atomic mass is 32.1. The van der Waals surface area contributed by atoms with Gasteiger partial charge in [0.05, 0.1) is 10.7 Å². The Labute approximate surface area is 127 Å². The molecule has 3 unspecified atom stereocenters. The molecule has 1 aromatic rings. The molecule has 3 atom stereocenters. The smallest absolute Gasteiger partial charge is 0.0897 e. The summed E-state index contributed by atoms with van der Waals surface area (Å²) in [4.78, 5) is 4.74. The molecule has 0 amide bonds. The van der Waals surface area contributed by atoms with E-state index in [-0.39, 0.29) is 0 Å². The number of nitrogens with one attached hydrogen (secondary N) is 1. The molecule has 0 radical (unpaired) electrons. The van der Waals surface area contributed by atoms with Crippen molar-refractivity contribution in [2.24, 2.45) is 23.2 Å². The summed E-state index contributed by atoms with van der Waals surface area (Å²) in [5.74, 6) is 2.68. The standard InChI is InChI=1S/C17H28N2S/c1-12(2)9-18-11-17(7-14-4-5-15(17)6-14)8-16-10-20-13(3)19-16/h10,12,14-15,18H,4-9,11H2,1-3H3. The van der Waals surface area contributed by atoms with Gasteiger partial charge < -0.3 is 5.32 Å². The van der Waals surface area contributed by atoms with Crippen molar-refractivity contribution in [1.82, 2.24) is 10.3 Å². The predicted octanol–water partition coefficient (Wildman–Crippen LogP) is 4.05. The topological polar surface area (TPSA) is 24.9 Å². The molecule has 0 aliphatic heterocycles. The Hall–Kier alpha value is -0.410. The summed E-state index contributed by atoms with van der Waals surface area (Å²) in [6, 6.07) is 0. The Bertz CT molecular complexity index is 454. The second kappa shape index (κ2) is 5.76. The second-order valence-corrected chi connectivity index (χ2v) is 8.56. The van der Waals surface area contributed by atoms with Crippen molar-refractivity contribution in [3.05, 3.63) is 16.1 Å². The summed E-state index contributed by atoms with van der Waals surface area (Å²) >= 11 is 1.80. The number of aryl methyl sites for hydroxylation is 1. The Morgan fingerprint density at radius 3 is 2.85 bits per heavy atom. The Morgan fingerprint density at radius 2 is 2.30 bits per heavy atom. The van der Waals surface area contributed by atoms with Crippen LogP contribution in [-0.2, 0) is 6.42 Å². The van der Waals surface area contributed by atoms with Gasteiger partial charge in [0.25, 0.3) is 0 Å². The van der Waals surface area contributed by atoms with Crippen molar-refractivity contribution in [3.63, 3.8) is 0 Å². The summed E-state index contributed by atoms with van der Waals surface area (Å²) in [7, 11) is 0. The molecule has 2 saturated carbocycles. The summed E-state index contributed by atoms with van der Waals surface area (Å²) in [6.07, 6.45) is 7.04. The molecule has 0 saturated heterocycles. The van der Waals surface area contributed by atoms with Crippen LogP contribution in [0.4, 0.5) is 0 Å². The Kier molecular flexibility index (Phi) is 4.19. The third kappa shape index (κ3) is 2.94. The number of fused-ring (bicyclic) bond motifs is 2. The quantitative estimate of drug-likeness (QED) is 0.855. The van der Waals surface area contributed by atoms with E-state index in [1.165, 1.54) is 49.4 Å². The largest absolute Gasteiger partial charge is 0.316 e.